The van der Waals surface area contributed by atoms with E-state index in [9.17, 15) is 5.11 Å². The van der Waals surface area contributed by atoms with E-state index in [0.717, 1.165) is 12.8 Å². The summed E-state index contributed by atoms with van der Waals surface area (Å²) in [7, 11) is 0. The molecular formula is C7H12O. The molecule has 2 fully saturated rings. The maximum absolute atomic E-state index is 9.45. The molecule has 2 atom stereocenters. The van der Waals surface area contributed by atoms with E-state index >= 15 is 0 Å². The van der Waals surface area contributed by atoms with Crippen LogP contribution in [0.3, 0.4) is 0 Å². The predicted molar refractivity (Wildman–Crippen MR) is 31.5 cm³/mol. The summed E-state index contributed by atoms with van der Waals surface area (Å²) in [4.78, 5) is 0. The van der Waals surface area contributed by atoms with Gasteiger partial charge in [0.25, 0.3) is 0 Å². The van der Waals surface area contributed by atoms with Crippen LogP contribution >= 0.6 is 0 Å². The molecule has 1 nitrogen and oxygen atoms in total. The van der Waals surface area contributed by atoms with Crippen LogP contribution in [0.2, 0.25) is 0 Å². The summed E-state index contributed by atoms with van der Waals surface area (Å²) < 4.78 is 0. The Balaban J connectivity index is 2.04. The molecule has 46 valence electrons. The molecule has 2 saturated carbocycles. The topological polar surface area (TPSA) is 20.2 Å². The zero-order valence-corrected chi connectivity index (χ0v) is 5.06. The second-order valence-corrected chi connectivity index (χ2v) is 3.25. The van der Waals surface area contributed by atoms with Crippen LogP contribution in [0.4, 0.5) is 0 Å². The van der Waals surface area contributed by atoms with Crippen molar-refractivity contribution in [2.75, 3.05) is 0 Å². The summed E-state index contributed by atoms with van der Waals surface area (Å²) in [6, 6.07) is 0. The first-order chi connectivity index (χ1) is 3.81. The highest BCUT2D eigenvalue weighted by atomic mass is 16.3. The number of hydrogen-bond donors (Lipinski definition) is 1. The highest BCUT2D eigenvalue weighted by Crippen LogP contribution is 2.53. The fourth-order valence-corrected chi connectivity index (χ4v) is 1.87. The molecule has 2 rings (SSSR count). The monoisotopic (exact) mass is 112 g/mol. The highest BCUT2D eigenvalue weighted by molar-refractivity contribution is 5.05. The molecule has 0 radical (unpaired) electrons. The van der Waals surface area contributed by atoms with Gasteiger partial charge in [-0.3, -0.25) is 0 Å². The van der Waals surface area contributed by atoms with E-state index in [0.29, 0.717) is 5.92 Å². The minimum atomic E-state index is -0.155. The van der Waals surface area contributed by atoms with Crippen LogP contribution in [0, 0.1) is 5.92 Å². The molecule has 0 heterocycles. The number of hydrogen-bond acceptors (Lipinski definition) is 1. The van der Waals surface area contributed by atoms with Crippen molar-refractivity contribution < 1.29 is 5.11 Å². The van der Waals surface area contributed by atoms with Crippen LogP contribution in [0.15, 0.2) is 0 Å². The number of aliphatic hydroxyl groups is 1. The molecule has 8 heavy (non-hydrogen) atoms. The second-order valence-electron chi connectivity index (χ2n) is 3.25. The molecule has 2 aliphatic rings. The fraction of sp³-hybridized carbons (Fsp3) is 1.00. The summed E-state index contributed by atoms with van der Waals surface area (Å²) in [5.41, 5.74) is -0.155. The van der Waals surface area contributed by atoms with Crippen molar-refractivity contribution in [1.82, 2.24) is 0 Å². The Kier molecular flexibility index (Phi) is 0.762. The lowest BCUT2D eigenvalue weighted by atomic mass is 9.98. The van der Waals surface area contributed by atoms with Gasteiger partial charge in [-0.1, -0.05) is 12.8 Å². The predicted octanol–water partition coefficient (Wildman–Crippen LogP) is 1.31. The Bertz CT molecular complexity index is 109. The molecule has 0 aromatic carbocycles. The van der Waals surface area contributed by atoms with E-state index in [1.165, 1.54) is 19.3 Å². The van der Waals surface area contributed by atoms with Gasteiger partial charge in [-0.2, -0.15) is 0 Å². The largest absolute Gasteiger partial charge is 0.390 e. The molecule has 1 N–H and O–H groups in total. The zero-order valence-electron chi connectivity index (χ0n) is 5.06. The molecule has 0 amide bonds. The van der Waals surface area contributed by atoms with E-state index in [1.807, 2.05) is 0 Å². The van der Waals surface area contributed by atoms with Crippen LogP contribution in [0.1, 0.15) is 32.1 Å². The second kappa shape index (κ2) is 1.27. The van der Waals surface area contributed by atoms with Crippen molar-refractivity contribution >= 4 is 0 Å². The summed E-state index contributed by atoms with van der Waals surface area (Å²) in [6.45, 7) is 0. The molecule has 0 saturated heterocycles. The first kappa shape index (κ1) is 4.80. The third kappa shape index (κ3) is 0.510. The van der Waals surface area contributed by atoms with Crippen LogP contribution in [-0.4, -0.2) is 10.7 Å². The van der Waals surface area contributed by atoms with Crippen molar-refractivity contribution in [3.05, 3.63) is 0 Å². The zero-order chi connectivity index (χ0) is 5.61. The van der Waals surface area contributed by atoms with Crippen molar-refractivity contribution in [1.29, 1.82) is 0 Å². The van der Waals surface area contributed by atoms with Crippen LogP contribution in [-0.2, 0) is 0 Å². The highest BCUT2D eigenvalue weighted by Gasteiger charge is 2.53. The van der Waals surface area contributed by atoms with Gasteiger partial charge in [0.15, 0.2) is 0 Å². The van der Waals surface area contributed by atoms with Crippen LogP contribution < -0.4 is 0 Å². The lowest BCUT2D eigenvalue weighted by Gasteiger charge is -2.14. The maximum atomic E-state index is 9.45. The lowest BCUT2D eigenvalue weighted by molar-refractivity contribution is 0.102. The molecule has 0 aliphatic heterocycles. The van der Waals surface area contributed by atoms with Crippen molar-refractivity contribution in [3.63, 3.8) is 0 Å². The summed E-state index contributed by atoms with van der Waals surface area (Å²) in [5.74, 6) is 0.705. The third-order valence-corrected chi connectivity index (χ3v) is 2.61. The van der Waals surface area contributed by atoms with E-state index < -0.39 is 0 Å². The van der Waals surface area contributed by atoms with Gasteiger partial charge < -0.3 is 5.11 Å². The van der Waals surface area contributed by atoms with Gasteiger partial charge in [0.1, 0.15) is 0 Å². The van der Waals surface area contributed by atoms with Gasteiger partial charge in [0.2, 0.25) is 0 Å². The first-order valence-electron chi connectivity index (χ1n) is 3.54. The normalized spacial score (nSPS) is 52.9. The Morgan fingerprint density at radius 3 is 2.75 bits per heavy atom. The first-order valence-corrected chi connectivity index (χ1v) is 3.54. The molecule has 0 spiro atoms. The van der Waals surface area contributed by atoms with E-state index in [4.69, 9.17) is 0 Å². The minimum absolute atomic E-state index is 0.155. The summed E-state index contributed by atoms with van der Waals surface area (Å²) in [5, 5.41) is 9.45. The SMILES string of the molecule is O[C@]12CCCC[C@H]1C2. The molecule has 0 unspecified atom stereocenters. The van der Waals surface area contributed by atoms with E-state index in [-0.39, 0.29) is 5.60 Å². The maximum Gasteiger partial charge on any atom is 0.0680 e. The van der Waals surface area contributed by atoms with Gasteiger partial charge in [-0.15, -0.1) is 0 Å². The van der Waals surface area contributed by atoms with Gasteiger partial charge in [-0.05, 0) is 25.2 Å². The van der Waals surface area contributed by atoms with Gasteiger partial charge >= 0.3 is 0 Å². The average molecular weight is 112 g/mol. The molecule has 0 aromatic rings. The molecule has 0 aromatic heterocycles. The quantitative estimate of drug-likeness (QED) is 0.501. The lowest BCUT2D eigenvalue weighted by Crippen LogP contribution is -2.14. The van der Waals surface area contributed by atoms with E-state index in [2.05, 4.69) is 0 Å². The summed E-state index contributed by atoms with van der Waals surface area (Å²) in [6.07, 6.45) is 6.08. The van der Waals surface area contributed by atoms with Crippen LogP contribution in [0.5, 0.6) is 0 Å². The third-order valence-electron chi connectivity index (χ3n) is 2.61. The Morgan fingerprint density at radius 1 is 1.38 bits per heavy atom. The van der Waals surface area contributed by atoms with Crippen molar-refractivity contribution in [2.24, 2.45) is 5.92 Å². The smallest absolute Gasteiger partial charge is 0.0680 e. The molecular weight excluding hydrogens is 100 g/mol. The molecule has 1 heteroatoms. The Hall–Kier alpha value is -0.0400. The Morgan fingerprint density at radius 2 is 2.25 bits per heavy atom. The van der Waals surface area contributed by atoms with Gasteiger partial charge in [0, 0.05) is 0 Å². The molecule has 0 bridgehead atoms. The molecule has 2 aliphatic carbocycles. The number of rotatable bonds is 0. The van der Waals surface area contributed by atoms with Gasteiger partial charge in [-0.25, -0.2) is 0 Å². The fourth-order valence-electron chi connectivity index (χ4n) is 1.87. The van der Waals surface area contributed by atoms with Crippen LogP contribution in [0.25, 0.3) is 0 Å². The van der Waals surface area contributed by atoms with Crippen molar-refractivity contribution in [2.45, 2.75) is 37.7 Å². The Labute approximate surface area is 49.7 Å². The minimum Gasteiger partial charge on any atom is -0.390 e. The average Bonchev–Trinajstić information content (AvgIpc) is 2.39. The summed E-state index contributed by atoms with van der Waals surface area (Å²) >= 11 is 0. The van der Waals surface area contributed by atoms with Gasteiger partial charge in [0.05, 0.1) is 5.60 Å². The van der Waals surface area contributed by atoms with Crippen molar-refractivity contribution in [3.8, 4) is 0 Å². The number of fused-ring (bicyclic) bond motifs is 1. The van der Waals surface area contributed by atoms with E-state index in [1.54, 1.807) is 0 Å². The standard InChI is InChI=1S/C7H12O/c8-7-4-2-1-3-6(7)5-7/h6,8H,1-5H2/t6-,7-/m0/s1.